The Hall–Kier alpha value is -2.73. The molecule has 2 amide bonds. The van der Waals surface area contributed by atoms with Gasteiger partial charge < -0.3 is 10.1 Å². The molecule has 1 fully saturated rings. The third kappa shape index (κ3) is 3.85. The number of para-hydroxylation sites is 1. The summed E-state index contributed by atoms with van der Waals surface area (Å²) < 4.78 is 5.28. The molecule has 0 bridgehead atoms. The summed E-state index contributed by atoms with van der Waals surface area (Å²) in [5.74, 6) is 0.354. The number of aryl methyl sites for hydroxylation is 1. The SMILES string of the molecule is COc1ccccc1/C=C1\SC(=O)N(CNc2ccc(C)cc2)C1=O. The molecule has 6 heteroatoms. The number of hydrogen-bond donors (Lipinski definition) is 1. The molecule has 2 aromatic carbocycles. The molecule has 1 aliphatic heterocycles. The average Bonchev–Trinajstić information content (AvgIpc) is 2.88. The lowest BCUT2D eigenvalue weighted by atomic mass is 10.2. The maximum Gasteiger partial charge on any atom is 0.295 e. The van der Waals surface area contributed by atoms with Crippen LogP contribution in [0.2, 0.25) is 0 Å². The number of ether oxygens (including phenoxy) is 1. The molecule has 1 saturated heterocycles. The summed E-state index contributed by atoms with van der Waals surface area (Å²) in [5, 5.41) is 2.81. The fraction of sp³-hybridized carbons (Fsp3) is 0.158. The molecule has 2 aromatic rings. The molecule has 0 atom stereocenters. The molecular formula is C19H18N2O3S. The first-order valence-electron chi connectivity index (χ1n) is 7.77. The van der Waals surface area contributed by atoms with Crippen LogP contribution in [0.3, 0.4) is 0 Å². The zero-order chi connectivity index (χ0) is 17.8. The summed E-state index contributed by atoms with van der Waals surface area (Å²) in [6.45, 7) is 2.14. The summed E-state index contributed by atoms with van der Waals surface area (Å²) in [6, 6.07) is 15.1. The molecule has 25 heavy (non-hydrogen) atoms. The summed E-state index contributed by atoms with van der Waals surface area (Å²) in [4.78, 5) is 26.3. The monoisotopic (exact) mass is 354 g/mol. The minimum absolute atomic E-state index is 0.136. The predicted molar refractivity (Wildman–Crippen MR) is 100 cm³/mol. The van der Waals surface area contributed by atoms with E-state index >= 15 is 0 Å². The van der Waals surface area contributed by atoms with Crippen molar-refractivity contribution in [2.24, 2.45) is 0 Å². The second-order valence-electron chi connectivity index (χ2n) is 5.55. The van der Waals surface area contributed by atoms with Crippen molar-refractivity contribution in [1.29, 1.82) is 0 Å². The van der Waals surface area contributed by atoms with Crippen LogP contribution in [0.5, 0.6) is 5.75 Å². The van der Waals surface area contributed by atoms with Crippen molar-refractivity contribution in [3.8, 4) is 5.75 Å². The third-order valence-electron chi connectivity index (χ3n) is 3.79. The molecule has 0 aromatic heterocycles. The van der Waals surface area contributed by atoms with Gasteiger partial charge in [-0.05, 0) is 43.0 Å². The van der Waals surface area contributed by atoms with Gasteiger partial charge in [-0.1, -0.05) is 35.9 Å². The van der Waals surface area contributed by atoms with Gasteiger partial charge in [0.25, 0.3) is 11.1 Å². The maximum atomic E-state index is 12.5. The maximum absolute atomic E-state index is 12.5. The number of benzene rings is 2. The lowest BCUT2D eigenvalue weighted by Gasteiger charge is -2.14. The smallest absolute Gasteiger partial charge is 0.295 e. The van der Waals surface area contributed by atoms with E-state index in [1.54, 1.807) is 13.2 Å². The fourth-order valence-corrected chi connectivity index (χ4v) is 3.23. The molecule has 128 valence electrons. The molecule has 1 aliphatic rings. The molecule has 1 N–H and O–H groups in total. The van der Waals surface area contributed by atoms with E-state index < -0.39 is 0 Å². The Morgan fingerprint density at radius 3 is 2.56 bits per heavy atom. The number of carbonyl (C=O) groups is 2. The molecular weight excluding hydrogens is 336 g/mol. The van der Waals surface area contributed by atoms with Crippen molar-refractivity contribution < 1.29 is 14.3 Å². The van der Waals surface area contributed by atoms with E-state index in [0.29, 0.717) is 10.7 Å². The van der Waals surface area contributed by atoms with Gasteiger partial charge in [-0.25, -0.2) is 0 Å². The fourth-order valence-electron chi connectivity index (χ4n) is 2.40. The summed E-state index contributed by atoms with van der Waals surface area (Å²) in [7, 11) is 1.57. The van der Waals surface area contributed by atoms with Crippen LogP contribution in [0.1, 0.15) is 11.1 Å². The lowest BCUT2D eigenvalue weighted by molar-refractivity contribution is -0.122. The van der Waals surface area contributed by atoms with E-state index in [-0.39, 0.29) is 17.8 Å². The van der Waals surface area contributed by atoms with Gasteiger partial charge in [0.05, 0.1) is 18.7 Å². The van der Waals surface area contributed by atoms with E-state index in [9.17, 15) is 9.59 Å². The van der Waals surface area contributed by atoms with Crippen LogP contribution in [-0.2, 0) is 4.79 Å². The number of carbonyl (C=O) groups excluding carboxylic acids is 2. The quantitative estimate of drug-likeness (QED) is 0.819. The van der Waals surface area contributed by atoms with Crippen LogP contribution in [-0.4, -0.2) is 29.8 Å². The predicted octanol–water partition coefficient (Wildman–Crippen LogP) is 4.11. The largest absolute Gasteiger partial charge is 0.496 e. The number of thioether (sulfide) groups is 1. The van der Waals surface area contributed by atoms with E-state index in [1.165, 1.54) is 4.90 Å². The molecule has 3 rings (SSSR count). The topological polar surface area (TPSA) is 58.6 Å². The Labute approximate surface area is 150 Å². The summed E-state index contributed by atoms with van der Waals surface area (Å²) >= 11 is 0.936. The summed E-state index contributed by atoms with van der Waals surface area (Å²) in [6.07, 6.45) is 1.69. The number of nitrogens with zero attached hydrogens (tertiary/aromatic N) is 1. The van der Waals surface area contributed by atoms with Gasteiger partial charge in [0.1, 0.15) is 5.75 Å². The number of rotatable bonds is 5. The molecule has 5 nitrogen and oxygen atoms in total. The van der Waals surface area contributed by atoms with Crippen LogP contribution in [0.25, 0.3) is 6.08 Å². The van der Waals surface area contributed by atoms with E-state index in [2.05, 4.69) is 5.32 Å². The minimum Gasteiger partial charge on any atom is -0.496 e. The number of methoxy groups -OCH3 is 1. The first-order valence-corrected chi connectivity index (χ1v) is 8.59. The minimum atomic E-state index is -0.305. The first-order chi connectivity index (χ1) is 12.1. The second kappa shape index (κ2) is 7.44. The van der Waals surface area contributed by atoms with E-state index in [1.807, 2.05) is 55.5 Å². The van der Waals surface area contributed by atoms with Crippen molar-refractivity contribution in [1.82, 2.24) is 4.90 Å². The van der Waals surface area contributed by atoms with Crippen molar-refractivity contribution in [3.63, 3.8) is 0 Å². The number of amides is 2. The highest BCUT2D eigenvalue weighted by Crippen LogP contribution is 2.33. The Morgan fingerprint density at radius 2 is 1.84 bits per heavy atom. The second-order valence-corrected chi connectivity index (χ2v) is 6.55. The van der Waals surface area contributed by atoms with Crippen molar-refractivity contribution in [2.75, 3.05) is 19.1 Å². The van der Waals surface area contributed by atoms with Gasteiger partial charge in [-0.2, -0.15) is 0 Å². The Balaban J connectivity index is 1.73. The average molecular weight is 354 g/mol. The zero-order valence-corrected chi connectivity index (χ0v) is 14.8. The highest BCUT2D eigenvalue weighted by atomic mass is 32.2. The zero-order valence-electron chi connectivity index (χ0n) is 14.0. The molecule has 0 saturated carbocycles. The Morgan fingerprint density at radius 1 is 1.12 bits per heavy atom. The Kier molecular flexibility index (Phi) is 5.09. The van der Waals surface area contributed by atoms with Crippen molar-refractivity contribution in [3.05, 3.63) is 64.6 Å². The third-order valence-corrected chi connectivity index (χ3v) is 4.70. The van der Waals surface area contributed by atoms with Crippen LogP contribution in [0.15, 0.2) is 53.4 Å². The molecule has 0 aliphatic carbocycles. The van der Waals surface area contributed by atoms with Crippen LogP contribution < -0.4 is 10.1 Å². The highest BCUT2D eigenvalue weighted by molar-refractivity contribution is 8.18. The first kappa shape index (κ1) is 17.1. The number of imide groups is 1. The molecule has 0 unspecified atom stereocenters. The van der Waals surface area contributed by atoms with E-state index in [0.717, 1.165) is 28.6 Å². The van der Waals surface area contributed by atoms with Crippen LogP contribution in [0.4, 0.5) is 10.5 Å². The lowest BCUT2D eigenvalue weighted by Crippen LogP contribution is -2.33. The Bertz CT molecular complexity index is 831. The molecule has 0 radical (unpaired) electrons. The van der Waals surface area contributed by atoms with Crippen molar-refractivity contribution >= 4 is 34.7 Å². The molecule has 0 spiro atoms. The molecule has 1 heterocycles. The van der Waals surface area contributed by atoms with Gasteiger partial charge in [-0.15, -0.1) is 0 Å². The number of nitrogens with one attached hydrogen (secondary N) is 1. The van der Waals surface area contributed by atoms with Gasteiger partial charge >= 0.3 is 0 Å². The normalized spacial score (nSPS) is 15.8. The standard InChI is InChI=1S/C19H18N2O3S/c1-13-7-9-15(10-8-13)20-12-21-18(22)17(25-19(21)23)11-14-5-3-4-6-16(14)24-2/h3-11,20H,12H2,1-2H3/b17-11-. The van der Waals surface area contributed by atoms with Crippen LogP contribution >= 0.6 is 11.8 Å². The number of anilines is 1. The van der Waals surface area contributed by atoms with Gasteiger partial charge in [0, 0.05) is 11.3 Å². The van der Waals surface area contributed by atoms with Crippen LogP contribution in [0, 0.1) is 6.92 Å². The van der Waals surface area contributed by atoms with E-state index in [4.69, 9.17) is 4.74 Å². The van der Waals surface area contributed by atoms with Gasteiger partial charge in [-0.3, -0.25) is 14.5 Å². The van der Waals surface area contributed by atoms with Gasteiger partial charge in [0.2, 0.25) is 0 Å². The van der Waals surface area contributed by atoms with Crippen molar-refractivity contribution in [2.45, 2.75) is 6.92 Å². The number of hydrogen-bond acceptors (Lipinski definition) is 5. The highest BCUT2D eigenvalue weighted by Gasteiger charge is 2.34. The van der Waals surface area contributed by atoms with Gasteiger partial charge in [0.15, 0.2) is 0 Å². The summed E-state index contributed by atoms with van der Waals surface area (Å²) in [5.41, 5.74) is 2.77.